The molecule has 0 spiro atoms. The van der Waals surface area contributed by atoms with E-state index in [9.17, 15) is 18.0 Å². The fourth-order valence-corrected chi connectivity index (χ4v) is 5.57. The fourth-order valence-electron chi connectivity index (χ4n) is 3.59. The van der Waals surface area contributed by atoms with Crippen LogP contribution >= 0.6 is 0 Å². The summed E-state index contributed by atoms with van der Waals surface area (Å²) in [7, 11) is -3.25. The topological polar surface area (TPSA) is 87.9 Å². The highest BCUT2D eigenvalue weighted by Gasteiger charge is 2.51. The van der Waals surface area contributed by atoms with Crippen molar-refractivity contribution < 1.29 is 22.4 Å². The molecule has 4 rings (SSSR count). The van der Waals surface area contributed by atoms with Crippen LogP contribution in [0.4, 0.5) is 0 Å². The van der Waals surface area contributed by atoms with E-state index in [2.05, 4.69) is 0 Å². The lowest BCUT2D eigenvalue weighted by atomic mass is 10.0. The van der Waals surface area contributed by atoms with E-state index in [0.717, 1.165) is 12.8 Å². The summed E-state index contributed by atoms with van der Waals surface area (Å²) in [6.45, 7) is 0.729. The molecule has 0 radical (unpaired) electrons. The molecule has 124 valence electrons. The Morgan fingerprint density at radius 3 is 2.35 bits per heavy atom. The molecule has 3 aliphatic rings. The number of rotatable bonds is 2. The minimum Gasteiger partial charge on any atom is -0.459 e. The van der Waals surface area contributed by atoms with Crippen molar-refractivity contribution in [2.24, 2.45) is 5.92 Å². The molecule has 0 unspecified atom stereocenters. The molecule has 1 saturated carbocycles. The minimum atomic E-state index is -3.25. The standard InChI is InChI=1S/C15H18N2O5S/c18-14(10-3-4-10)16-5-6-17(15(19)13-2-1-7-22-13)12-9-23(20,21)8-11(12)16/h1-2,7,10-12H,3-6,8-9H2/t11-,12+/m1/s1. The molecule has 23 heavy (non-hydrogen) atoms. The molecular formula is C15H18N2O5S. The van der Waals surface area contributed by atoms with Crippen LogP contribution in [-0.2, 0) is 14.6 Å². The van der Waals surface area contributed by atoms with Crippen LogP contribution in [0, 0.1) is 5.92 Å². The van der Waals surface area contributed by atoms with Gasteiger partial charge in [-0.3, -0.25) is 9.59 Å². The van der Waals surface area contributed by atoms with Crippen LogP contribution in [0.25, 0.3) is 0 Å². The lowest BCUT2D eigenvalue weighted by molar-refractivity contribution is -0.137. The highest BCUT2D eigenvalue weighted by molar-refractivity contribution is 7.91. The zero-order valence-electron chi connectivity index (χ0n) is 12.6. The molecular weight excluding hydrogens is 320 g/mol. The van der Waals surface area contributed by atoms with Gasteiger partial charge in [0.15, 0.2) is 15.6 Å². The van der Waals surface area contributed by atoms with Crippen molar-refractivity contribution >= 4 is 21.7 Å². The van der Waals surface area contributed by atoms with Gasteiger partial charge in [0.1, 0.15) is 0 Å². The Morgan fingerprint density at radius 2 is 1.74 bits per heavy atom. The number of carbonyl (C=O) groups excluding carboxylic acids is 2. The Hall–Kier alpha value is -1.83. The van der Waals surface area contributed by atoms with Crippen molar-refractivity contribution in [3.05, 3.63) is 24.2 Å². The maximum absolute atomic E-state index is 12.6. The minimum absolute atomic E-state index is 0.0437. The largest absolute Gasteiger partial charge is 0.459 e. The molecule has 3 fully saturated rings. The maximum Gasteiger partial charge on any atom is 0.289 e. The molecule has 2 aliphatic heterocycles. The predicted octanol–water partition coefficient (Wildman–Crippen LogP) is 0.140. The van der Waals surface area contributed by atoms with Gasteiger partial charge in [-0.1, -0.05) is 0 Å². The van der Waals surface area contributed by atoms with Gasteiger partial charge >= 0.3 is 0 Å². The number of sulfone groups is 1. The van der Waals surface area contributed by atoms with Crippen LogP contribution in [0.2, 0.25) is 0 Å². The van der Waals surface area contributed by atoms with Crippen LogP contribution in [0.3, 0.4) is 0 Å². The second-order valence-electron chi connectivity index (χ2n) is 6.49. The molecule has 1 aromatic rings. The SMILES string of the molecule is O=C(C1CC1)N1CCN(C(=O)c2ccco2)[C@H]2CS(=O)(=O)C[C@H]21. The first-order chi connectivity index (χ1) is 11.0. The second kappa shape index (κ2) is 5.09. The van der Waals surface area contributed by atoms with Gasteiger partial charge in [0, 0.05) is 19.0 Å². The summed E-state index contributed by atoms with van der Waals surface area (Å²) in [5.41, 5.74) is 0. The molecule has 3 heterocycles. The number of nitrogens with zero attached hydrogens (tertiary/aromatic N) is 2. The number of piperazine rings is 1. The van der Waals surface area contributed by atoms with E-state index >= 15 is 0 Å². The molecule has 7 nitrogen and oxygen atoms in total. The second-order valence-corrected chi connectivity index (χ2v) is 8.65. The van der Waals surface area contributed by atoms with Gasteiger partial charge in [-0.15, -0.1) is 0 Å². The number of hydrogen-bond donors (Lipinski definition) is 0. The van der Waals surface area contributed by atoms with Crippen molar-refractivity contribution in [2.75, 3.05) is 24.6 Å². The van der Waals surface area contributed by atoms with Gasteiger partial charge in [-0.25, -0.2) is 8.42 Å². The first kappa shape index (κ1) is 14.7. The van der Waals surface area contributed by atoms with Crippen molar-refractivity contribution in [1.29, 1.82) is 0 Å². The van der Waals surface area contributed by atoms with Crippen molar-refractivity contribution in [3.8, 4) is 0 Å². The first-order valence-corrected chi connectivity index (χ1v) is 9.64. The monoisotopic (exact) mass is 338 g/mol. The van der Waals surface area contributed by atoms with Gasteiger partial charge in [0.25, 0.3) is 5.91 Å². The molecule has 0 N–H and O–H groups in total. The van der Waals surface area contributed by atoms with Gasteiger partial charge in [0.05, 0.1) is 29.9 Å². The Morgan fingerprint density at radius 1 is 1.09 bits per heavy atom. The van der Waals surface area contributed by atoms with Crippen molar-refractivity contribution in [1.82, 2.24) is 9.80 Å². The van der Waals surface area contributed by atoms with E-state index in [1.807, 2.05) is 0 Å². The van der Waals surface area contributed by atoms with Crippen LogP contribution in [0.5, 0.6) is 0 Å². The Balaban J connectivity index is 1.62. The molecule has 0 aromatic carbocycles. The van der Waals surface area contributed by atoms with Crippen molar-refractivity contribution in [3.63, 3.8) is 0 Å². The smallest absolute Gasteiger partial charge is 0.289 e. The normalized spacial score (nSPS) is 29.4. The third-order valence-corrected chi connectivity index (χ3v) is 6.58. The average Bonchev–Trinajstić information content (AvgIpc) is 3.10. The molecule has 2 amide bonds. The molecule has 2 saturated heterocycles. The lowest BCUT2D eigenvalue weighted by Gasteiger charge is -2.43. The first-order valence-electron chi connectivity index (χ1n) is 7.82. The summed E-state index contributed by atoms with van der Waals surface area (Å²) in [4.78, 5) is 28.3. The summed E-state index contributed by atoms with van der Waals surface area (Å²) in [6, 6.07) is 2.29. The summed E-state index contributed by atoms with van der Waals surface area (Å²) in [5, 5.41) is 0. The Kier molecular flexibility index (Phi) is 3.26. The third-order valence-electron chi connectivity index (χ3n) is 4.88. The van der Waals surface area contributed by atoms with E-state index in [1.165, 1.54) is 6.26 Å². The van der Waals surface area contributed by atoms with Gasteiger partial charge in [-0.2, -0.15) is 0 Å². The van der Waals surface area contributed by atoms with Gasteiger partial charge < -0.3 is 14.2 Å². The van der Waals surface area contributed by atoms with Gasteiger partial charge in [0.2, 0.25) is 5.91 Å². The van der Waals surface area contributed by atoms with Crippen LogP contribution < -0.4 is 0 Å². The third kappa shape index (κ3) is 2.54. The zero-order valence-corrected chi connectivity index (χ0v) is 13.4. The molecule has 1 aliphatic carbocycles. The summed E-state index contributed by atoms with van der Waals surface area (Å²) in [6.07, 6.45) is 3.19. The summed E-state index contributed by atoms with van der Waals surface area (Å²) >= 11 is 0. The highest BCUT2D eigenvalue weighted by atomic mass is 32.2. The van der Waals surface area contributed by atoms with E-state index in [4.69, 9.17) is 4.42 Å². The average molecular weight is 338 g/mol. The van der Waals surface area contributed by atoms with Crippen LogP contribution in [-0.4, -0.2) is 66.7 Å². The summed E-state index contributed by atoms with van der Waals surface area (Å²) in [5.74, 6) is -0.152. The van der Waals surface area contributed by atoms with E-state index in [1.54, 1.807) is 21.9 Å². The van der Waals surface area contributed by atoms with Crippen LogP contribution in [0.1, 0.15) is 23.4 Å². The lowest BCUT2D eigenvalue weighted by Crippen LogP contribution is -2.62. The Labute approximate surface area is 134 Å². The summed E-state index contributed by atoms with van der Waals surface area (Å²) < 4.78 is 29.4. The number of hydrogen-bond acceptors (Lipinski definition) is 5. The number of carbonyl (C=O) groups is 2. The van der Waals surface area contributed by atoms with Crippen molar-refractivity contribution in [2.45, 2.75) is 24.9 Å². The zero-order chi connectivity index (χ0) is 16.2. The van der Waals surface area contributed by atoms with Gasteiger partial charge in [-0.05, 0) is 25.0 Å². The molecule has 8 heteroatoms. The Bertz CT molecular complexity index is 738. The highest BCUT2D eigenvalue weighted by Crippen LogP contribution is 2.35. The fraction of sp³-hybridized carbons (Fsp3) is 0.600. The number of furan rings is 1. The number of amides is 2. The van der Waals surface area contributed by atoms with E-state index in [-0.39, 0.29) is 35.0 Å². The number of fused-ring (bicyclic) bond motifs is 1. The predicted molar refractivity (Wildman–Crippen MR) is 80.4 cm³/mol. The molecule has 2 atom stereocenters. The maximum atomic E-state index is 12.6. The van der Waals surface area contributed by atoms with Crippen LogP contribution in [0.15, 0.2) is 22.8 Å². The molecule has 0 bridgehead atoms. The van der Waals surface area contributed by atoms with E-state index in [0.29, 0.717) is 13.1 Å². The quantitative estimate of drug-likeness (QED) is 0.765. The van der Waals surface area contributed by atoms with E-state index < -0.39 is 21.9 Å². The molecule has 1 aromatic heterocycles.